The van der Waals surface area contributed by atoms with Gasteiger partial charge >= 0.3 is 0 Å². The Balaban J connectivity index is 1.61. The third-order valence-corrected chi connectivity index (χ3v) is 4.12. The molecule has 2 aromatic rings. The molecule has 1 aliphatic rings. The van der Waals surface area contributed by atoms with Crippen LogP contribution in [0.3, 0.4) is 0 Å². The lowest BCUT2D eigenvalue weighted by Gasteiger charge is -2.14. The molecule has 1 fully saturated rings. The summed E-state index contributed by atoms with van der Waals surface area (Å²) in [5, 5.41) is 6.15. The van der Waals surface area contributed by atoms with Gasteiger partial charge in [-0.1, -0.05) is 31.0 Å². The maximum atomic E-state index is 13.6. The van der Waals surface area contributed by atoms with Crippen molar-refractivity contribution in [3.8, 4) is 0 Å². The van der Waals surface area contributed by atoms with Crippen LogP contribution in [-0.2, 0) is 6.54 Å². The van der Waals surface area contributed by atoms with Gasteiger partial charge in [0.1, 0.15) is 11.5 Å². The van der Waals surface area contributed by atoms with Gasteiger partial charge < -0.3 is 10.6 Å². The summed E-state index contributed by atoms with van der Waals surface area (Å²) in [6.07, 6.45) is 6.45. The van der Waals surface area contributed by atoms with Crippen molar-refractivity contribution < 1.29 is 9.18 Å². The minimum atomic E-state index is -0.322. The molecule has 1 aromatic carbocycles. The fraction of sp³-hybridized carbons (Fsp3) is 0.333. The number of nitrogens with zero attached hydrogens (tertiary/aromatic N) is 1. The molecule has 0 aliphatic heterocycles. The van der Waals surface area contributed by atoms with E-state index in [4.69, 9.17) is 0 Å². The van der Waals surface area contributed by atoms with E-state index < -0.39 is 0 Å². The van der Waals surface area contributed by atoms with Crippen molar-refractivity contribution in [1.82, 2.24) is 10.3 Å². The molecule has 0 radical (unpaired) electrons. The number of hydrogen-bond donors (Lipinski definition) is 2. The van der Waals surface area contributed by atoms with E-state index in [-0.39, 0.29) is 18.3 Å². The number of carbonyl (C=O) groups excluding carboxylic acids is 1. The van der Waals surface area contributed by atoms with Crippen LogP contribution in [-0.4, -0.2) is 16.9 Å². The number of hydrogen-bond acceptors (Lipinski definition) is 3. The second kappa shape index (κ2) is 7.22. The van der Waals surface area contributed by atoms with E-state index in [9.17, 15) is 9.18 Å². The van der Waals surface area contributed by atoms with Crippen LogP contribution < -0.4 is 10.6 Å². The molecule has 1 aromatic heterocycles. The zero-order valence-electron chi connectivity index (χ0n) is 12.9. The SMILES string of the molecule is O=C(NCc1ccccc1F)c1cc(NC2CCCC2)ccn1. The topological polar surface area (TPSA) is 54.0 Å². The molecule has 1 amide bonds. The first kappa shape index (κ1) is 15.5. The molecule has 2 N–H and O–H groups in total. The first-order chi connectivity index (χ1) is 11.2. The Hall–Kier alpha value is -2.43. The van der Waals surface area contributed by atoms with Crippen LogP contribution in [0, 0.1) is 5.82 Å². The molecule has 3 rings (SSSR count). The number of amides is 1. The third kappa shape index (κ3) is 4.06. The highest BCUT2D eigenvalue weighted by Gasteiger charge is 2.15. The van der Waals surface area contributed by atoms with Crippen LogP contribution in [0.25, 0.3) is 0 Å². The Morgan fingerprint density at radius 3 is 2.78 bits per heavy atom. The Bertz CT molecular complexity index is 683. The van der Waals surface area contributed by atoms with Crippen LogP contribution in [0.4, 0.5) is 10.1 Å². The van der Waals surface area contributed by atoms with Gasteiger partial charge in [0, 0.05) is 30.0 Å². The largest absolute Gasteiger partial charge is 0.382 e. The standard InChI is InChI=1S/C18H20FN3O/c19-16-8-4-1-5-13(16)12-21-18(23)17-11-15(9-10-20-17)22-14-6-2-3-7-14/h1,4-5,8-11,14H,2-3,6-7,12H2,(H,20,22)(H,21,23). The monoisotopic (exact) mass is 313 g/mol. The predicted molar refractivity (Wildman–Crippen MR) is 87.7 cm³/mol. The minimum Gasteiger partial charge on any atom is -0.382 e. The maximum absolute atomic E-state index is 13.6. The van der Waals surface area contributed by atoms with Gasteiger partial charge in [0.15, 0.2) is 0 Å². The molecule has 23 heavy (non-hydrogen) atoms. The smallest absolute Gasteiger partial charge is 0.270 e. The van der Waals surface area contributed by atoms with E-state index in [1.165, 1.54) is 18.9 Å². The van der Waals surface area contributed by atoms with Crippen molar-refractivity contribution >= 4 is 11.6 Å². The van der Waals surface area contributed by atoms with Gasteiger partial charge in [-0.15, -0.1) is 0 Å². The molecule has 1 heterocycles. The van der Waals surface area contributed by atoms with E-state index >= 15 is 0 Å². The number of carbonyl (C=O) groups is 1. The van der Waals surface area contributed by atoms with E-state index in [1.807, 2.05) is 6.07 Å². The van der Waals surface area contributed by atoms with Crippen LogP contribution >= 0.6 is 0 Å². The van der Waals surface area contributed by atoms with Gasteiger partial charge in [0.25, 0.3) is 5.91 Å². The van der Waals surface area contributed by atoms with Crippen molar-refractivity contribution in [2.75, 3.05) is 5.32 Å². The number of benzene rings is 1. The van der Waals surface area contributed by atoms with Gasteiger partial charge in [-0.2, -0.15) is 0 Å². The Kier molecular flexibility index (Phi) is 4.86. The first-order valence-electron chi connectivity index (χ1n) is 7.96. The molecule has 0 bridgehead atoms. The first-order valence-corrected chi connectivity index (χ1v) is 7.96. The van der Waals surface area contributed by atoms with Crippen LogP contribution in [0.1, 0.15) is 41.7 Å². The van der Waals surface area contributed by atoms with Gasteiger partial charge in [0.05, 0.1) is 0 Å². The minimum absolute atomic E-state index is 0.146. The van der Waals surface area contributed by atoms with E-state index in [1.54, 1.807) is 30.5 Å². The predicted octanol–water partition coefficient (Wildman–Crippen LogP) is 3.51. The number of nitrogens with one attached hydrogen (secondary N) is 2. The molecular formula is C18H20FN3O. The lowest BCUT2D eigenvalue weighted by molar-refractivity contribution is 0.0945. The average Bonchev–Trinajstić information content (AvgIpc) is 3.07. The number of anilines is 1. The van der Waals surface area contributed by atoms with Crippen molar-refractivity contribution in [2.45, 2.75) is 38.3 Å². The molecule has 0 unspecified atom stereocenters. The molecule has 1 aliphatic carbocycles. The molecule has 5 heteroatoms. The second-order valence-electron chi connectivity index (χ2n) is 5.83. The molecule has 0 atom stereocenters. The summed E-state index contributed by atoms with van der Waals surface area (Å²) in [5.41, 5.74) is 1.70. The Morgan fingerprint density at radius 2 is 2.00 bits per heavy atom. The Labute approximate surface area is 135 Å². The van der Waals surface area contributed by atoms with E-state index in [2.05, 4.69) is 15.6 Å². The number of halogens is 1. The number of rotatable bonds is 5. The number of pyridine rings is 1. The molecular weight excluding hydrogens is 293 g/mol. The zero-order valence-corrected chi connectivity index (χ0v) is 12.9. The van der Waals surface area contributed by atoms with Crippen molar-refractivity contribution in [3.63, 3.8) is 0 Å². The molecule has 0 spiro atoms. The fourth-order valence-corrected chi connectivity index (χ4v) is 2.86. The van der Waals surface area contributed by atoms with E-state index in [0.717, 1.165) is 18.5 Å². The zero-order chi connectivity index (χ0) is 16.1. The maximum Gasteiger partial charge on any atom is 0.270 e. The number of aromatic nitrogens is 1. The quantitative estimate of drug-likeness (QED) is 0.888. The van der Waals surface area contributed by atoms with Gasteiger partial charge in [0.2, 0.25) is 0 Å². The van der Waals surface area contributed by atoms with Crippen LogP contribution in [0.15, 0.2) is 42.6 Å². The second-order valence-corrected chi connectivity index (χ2v) is 5.83. The van der Waals surface area contributed by atoms with Crippen molar-refractivity contribution in [1.29, 1.82) is 0 Å². The van der Waals surface area contributed by atoms with E-state index in [0.29, 0.717) is 17.3 Å². The molecule has 1 saturated carbocycles. The summed E-state index contributed by atoms with van der Waals surface area (Å²) >= 11 is 0. The van der Waals surface area contributed by atoms with Gasteiger partial charge in [-0.25, -0.2) is 4.39 Å². The normalized spacial score (nSPS) is 14.7. The highest BCUT2D eigenvalue weighted by Crippen LogP contribution is 2.22. The highest BCUT2D eigenvalue weighted by atomic mass is 19.1. The molecule has 120 valence electrons. The summed E-state index contributed by atoms with van der Waals surface area (Å²) in [6, 6.07) is 10.5. The summed E-state index contributed by atoms with van der Waals surface area (Å²) in [7, 11) is 0. The summed E-state index contributed by atoms with van der Waals surface area (Å²) < 4.78 is 13.6. The molecule has 0 saturated heterocycles. The van der Waals surface area contributed by atoms with Crippen molar-refractivity contribution in [2.24, 2.45) is 0 Å². The lowest BCUT2D eigenvalue weighted by atomic mass is 10.2. The van der Waals surface area contributed by atoms with Gasteiger partial charge in [-0.05, 0) is 31.0 Å². The van der Waals surface area contributed by atoms with Crippen LogP contribution in [0.2, 0.25) is 0 Å². The summed E-state index contributed by atoms with van der Waals surface area (Å²) in [5.74, 6) is -0.624. The highest BCUT2D eigenvalue weighted by molar-refractivity contribution is 5.93. The summed E-state index contributed by atoms with van der Waals surface area (Å²) in [4.78, 5) is 16.3. The summed E-state index contributed by atoms with van der Waals surface area (Å²) in [6.45, 7) is 0.146. The van der Waals surface area contributed by atoms with Gasteiger partial charge in [-0.3, -0.25) is 9.78 Å². The lowest BCUT2D eigenvalue weighted by Crippen LogP contribution is -2.24. The van der Waals surface area contributed by atoms with Crippen molar-refractivity contribution in [3.05, 3.63) is 59.7 Å². The Morgan fingerprint density at radius 1 is 1.22 bits per heavy atom. The average molecular weight is 313 g/mol. The van der Waals surface area contributed by atoms with Crippen LogP contribution in [0.5, 0.6) is 0 Å². The molecule has 4 nitrogen and oxygen atoms in total. The fourth-order valence-electron chi connectivity index (χ4n) is 2.86. The third-order valence-electron chi connectivity index (χ3n) is 4.12.